The second-order valence-corrected chi connectivity index (χ2v) is 7.34. The number of anilines is 1. The SMILES string of the molecule is CN1c2c(cc(CCc3ccccc3)cc2C(F)(F)F)[C@@H]2CNCC[C@@H]21. The molecule has 0 amide bonds. The lowest BCUT2D eigenvalue weighted by Crippen LogP contribution is -2.42. The molecule has 2 aliphatic rings. The van der Waals surface area contributed by atoms with E-state index in [9.17, 15) is 13.2 Å². The zero-order chi connectivity index (χ0) is 18.3. The Labute approximate surface area is 152 Å². The van der Waals surface area contributed by atoms with Gasteiger partial charge in [-0.1, -0.05) is 36.4 Å². The minimum atomic E-state index is -4.33. The highest BCUT2D eigenvalue weighted by atomic mass is 19.4. The summed E-state index contributed by atoms with van der Waals surface area (Å²) in [6.45, 7) is 1.61. The average molecular weight is 360 g/mol. The number of nitrogens with one attached hydrogen (secondary N) is 1. The first kappa shape index (κ1) is 17.4. The number of nitrogens with zero attached hydrogens (tertiary/aromatic N) is 1. The Kier molecular flexibility index (Phi) is 4.43. The predicted molar refractivity (Wildman–Crippen MR) is 97.7 cm³/mol. The molecule has 138 valence electrons. The van der Waals surface area contributed by atoms with E-state index in [1.54, 1.807) is 0 Å². The molecular formula is C21H23F3N2. The second kappa shape index (κ2) is 6.62. The molecule has 0 unspecified atom stereocenters. The van der Waals surface area contributed by atoms with E-state index in [0.717, 1.165) is 42.6 Å². The summed E-state index contributed by atoms with van der Waals surface area (Å²) in [5, 5.41) is 3.35. The number of piperidine rings is 1. The van der Waals surface area contributed by atoms with Gasteiger partial charge in [0.25, 0.3) is 0 Å². The highest BCUT2D eigenvalue weighted by Crippen LogP contribution is 2.49. The number of aryl methyl sites for hydroxylation is 2. The third-order valence-corrected chi connectivity index (χ3v) is 5.75. The molecule has 0 spiro atoms. The highest BCUT2D eigenvalue weighted by molar-refractivity contribution is 5.68. The maximum Gasteiger partial charge on any atom is 0.418 e. The van der Waals surface area contributed by atoms with Gasteiger partial charge >= 0.3 is 6.18 Å². The molecule has 2 heterocycles. The molecular weight excluding hydrogens is 337 g/mol. The molecule has 1 saturated heterocycles. The quantitative estimate of drug-likeness (QED) is 0.874. The van der Waals surface area contributed by atoms with Gasteiger partial charge in [-0.3, -0.25) is 0 Å². The van der Waals surface area contributed by atoms with Gasteiger partial charge in [0.05, 0.1) is 11.3 Å². The van der Waals surface area contributed by atoms with Crippen molar-refractivity contribution in [2.45, 2.75) is 37.4 Å². The summed E-state index contributed by atoms with van der Waals surface area (Å²) in [5.74, 6) is 0.140. The number of benzene rings is 2. The normalized spacial score (nSPS) is 22.2. The van der Waals surface area contributed by atoms with Gasteiger partial charge in [0.1, 0.15) is 0 Å². The van der Waals surface area contributed by atoms with Crippen LogP contribution in [0.5, 0.6) is 0 Å². The van der Waals surface area contributed by atoms with Crippen molar-refractivity contribution in [2.75, 3.05) is 25.0 Å². The Morgan fingerprint density at radius 1 is 1.08 bits per heavy atom. The van der Waals surface area contributed by atoms with Gasteiger partial charge in [0.2, 0.25) is 0 Å². The largest absolute Gasteiger partial charge is 0.418 e. The van der Waals surface area contributed by atoms with Gasteiger partial charge in [-0.05, 0) is 48.6 Å². The van der Waals surface area contributed by atoms with Gasteiger partial charge in [-0.15, -0.1) is 0 Å². The second-order valence-electron chi connectivity index (χ2n) is 7.34. The Bertz CT molecular complexity index is 786. The van der Waals surface area contributed by atoms with E-state index < -0.39 is 11.7 Å². The number of halogens is 3. The molecule has 2 aromatic rings. The fourth-order valence-corrected chi connectivity index (χ4v) is 4.48. The van der Waals surface area contributed by atoms with Crippen molar-refractivity contribution in [1.82, 2.24) is 5.32 Å². The summed E-state index contributed by atoms with van der Waals surface area (Å²) in [6, 6.07) is 13.5. The first-order chi connectivity index (χ1) is 12.4. The van der Waals surface area contributed by atoms with Gasteiger partial charge in [0.15, 0.2) is 0 Å². The predicted octanol–water partition coefficient (Wildman–Crippen LogP) is 4.39. The number of likely N-dealkylation sites (N-methyl/N-ethyl adjacent to an activating group) is 1. The van der Waals surface area contributed by atoms with E-state index in [-0.39, 0.29) is 12.0 Å². The third-order valence-electron chi connectivity index (χ3n) is 5.75. The fraction of sp³-hybridized carbons (Fsp3) is 0.429. The van der Waals surface area contributed by atoms with Crippen LogP contribution in [0.25, 0.3) is 0 Å². The molecule has 1 fully saturated rings. The Morgan fingerprint density at radius 3 is 2.54 bits per heavy atom. The van der Waals surface area contributed by atoms with Crippen molar-refractivity contribution in [3.63, 3.8) is 0 Å². The molecule has 2 atom stereocenters. The molecule has 5 heteroatoms. The van der Waals surface area contributed by atoms with Gasteiger partial charge < -0.3 is 10.2 Å². The van der Waals surface area contributed by atoms with E-state index in [1.807, 2.05) is 48.3 Å². The van der Waals surface area contributed by atoms with Crippen LogP contribution in [0.2, 0.25) is 0 Å². The van der Waals surface area contributed by atoms with E-state index in [1.165, 1.54) is 6.07 Å². The minimum Gasteiger partial charge on any atom is -0.370 e. The maximum atomic E-state index is 13.8. The lowest BCUT2D eigenvalue weighted by Gasteiger charge is -2.31. The van der Waals surface area contributed by atoms with Crippen molar-refractivity contribution < 1.29 is 13.2 Å². The zero-order valence-corrected chi connectivity index (χ0v) is 14.8. The Morgan fingerprint density at radius 2 is 1.81 bits per heavy atom. The van der Waals surface area contributed by atoms with E-state index in [0.29, 0.717) is 12.1 Å². The topological polar surface area (TPSA) is 15.3 Å². The Hall–Kier alpha value is -2.01. The molecule has 26 heavy (non-hydrogen) atoms. The van der Waals surface area contributed by atoms with Crippen molar-refractivity contribution in [1.29, 1.82) is 0 Å². The van der Waals surface area contributed by atoms with Crippen LogP contribution in [0.4, 0.5) is 18.9 Å². The molecule has 0 aromatic heterocycles. The molecule has 2 aromatic carbocycles. The van der Waals surface area contributed by atoms with Crippen LogP contribution in [0.15, 0.2) is 42.5 Å². The summed E-state index contributed by atoms with van der Waals surface area (Å²) in [4.78, 5) is 1.87. The van der Waals surface area contributed by atoms with Crippen LogP contribution >= 0.6 is 0 Å². The van der Waals surface area contributed by atoms with Crippen LogP contribution in [0, 0.1) is 0 Å². The number of hydrogen-bond acceptors (Lipinski definition) is 2. The van der Waals surface area contributed by atoms with E-state index in [4.69, 9.17) is 0 Å². The molecule has 2 nitrogen and oxygen atoms in total. The first-order valence-corrected chi connectivity index (χ1v) is 9.16. The van der Waals surface area contributed by atoms with E-state index in [2.05, 4.69) is 5.32 Å². The standard InChI is InChI=1S/C21H23F3N2/c1-26-19-9-10-25-13-17(19)16-11-15(8-7-14-5-3-2-4-6-14)12-18(20(16)26)21(22,23)24/h2-6,11-12,17,19,25H,7-10,13H2,1H3/t17-,19-/m0/s1. The van der Waals surface area contributed by atoms with Crippen LogP contribution in [-0.2, 0) is 19.0 Å². The molecule has 0 radical (unpaired) electrons. The van der Waals surface area contributed by atoms with Crippen molar-refractivity contribution >= 4 is 5.69 Å². The third kappa shape index (κ3) is 3.09. The first-order valence-electron chi connectivity index (χ1n) is 9.16. The fourth-order valence-electron chi connectivity index (χ4n) is 4.48. The molecule has 0 bridgehead atoms. The number of hydrogen-bond donors (Lipinski definition) is 1. The van der Waals surface area contributed by atoms with Crippen molar-refractivity contribution in [2.24, 2.45) is 0 Å². The smallest absolute Gasteiger partial charge is 0.370 e. The van der Waals surface area contributed by atoms with Crippen LogP contribution in [-0.4, -0.2) is 26.2 Å². The molecule has 1 N–H and O–H groups in total. The van der Waals surface area contributed by atoms with Crippen molar-refractivity contribution in [3.05, 3.63) is 64.7 Å². The van der Waals surface area contributed by atoms with Crippen molar-refractivity contribution in [3.8, 4) is 0 Å². The van der Waals surface area contributed by atoms with Gasteiger partial charge in [-0.2, -0.15) is 13.2 Å². The summed E-state index contributed by atoms with van der Waals surface area (Å²) in [5.41, 5.74) is 2.70. The molecule has 4 rings (SSSR count). The number of rotatable bonds is 3. The zero-order valence-electron chi connectivity index (χ0n) is 14.8. The number of alkyl halides is 3. The highest BCUT2D eigenvalue weighted by Gasteiger charge is 2.44. The monoisotopic (exact) mass is 360 g/mol. The lowest BCUT2D eigenvalue weighted by molar-refractivity contribution is -0.137. The van der Waals surface area contributed by atoms with Crippen LogP contribution in [0.3, 0.4) is 0 Å². The van der Waals surface area contributed by atoms with Crippen LogP contribution in [0.1, 0.15) is 34.6 Å². The van der Waals surface area contributed by atoms with Crippen LogP contribution < -0.4 is 10.2 Å². The summed E-state index contributed by atoms with van der Waals surface area (Å²) in [7, 11) is 1.81. The summed E-state index contributed by atoms with van der Waals surface area (Å²) >= 11 is 0. The Balaban J connectivity index is 1.71. The molecule has 2 aliphatic heterocycles. The average Bonchev–Trinajstić information content (AvgIpc) is 2.92. The molecule has 0 aliphatic carbocycles. The van der Waals surface area contributed by atoms with Gasteiger partial charge in [0, 0.05) is 25.6 Å². The number of fused-ring (bicyclic) bond motifs is 3. The molecule has 0 saturated carbocycles. The maximum absolute atomic E-state index is 13.8. The summed E-state index contributed by atoms with van der Waals surface area (Å²) in [6.07, 6.45) is -2.08. The van der Waals surface area contributed by atoms with Gasteiger partial charge in [-0.25, -0.2) is 0 Å². The summed E-state index contributed by atoms with van der Waals surface area (Å²) < 4.78 is 41.4. The van der Waals surface area contributed by atoms with E-state index >= 15 is 0 Å². The lowest BCUT2D eigenvalue weighted by atomic mass is 9.88. The minimum absolute atomic E-state index is 0.140.